The number of halogens is 3. The van der Waals surface area contributed by atoms with Crippen LogP contribution in [-0.2, 0) is 21.0 Å². The number of sulfonamides is 1. The molecule has 5 nitrogen and oxygen atoms in total. The Morgan fingerprint density at radius 2 is 1.87 bits per heavy atom. The highest BCUT2D eigenvalue weighted by Crippen LogP contribution is 2.41. The van der Waals surface area contributed by atoms with Crippen LogP contribution in [0.25, 0.3) is 0 Å². The van der Waals surface area contributed by atoms with Gasteiger partial charge in [0.15, 0.2) is 0 Å². The summed E-state index contributed by atoms with van der Waals surface area (Å²) < 4.78 is 66.0. The van der Waals surface area contributed by atoms with Crippen LogP contribution in [0.3, 0.4) is 0 Å². The Morgan fingerprint density at radius 3 is 2.50 bits per heavy atom. The number of carbonyl (C=O) groups excluding carboxylic acids is 1. The molecule has 162 valence electrons. The van der Waals surface area contributed by atoms with Crippen molar-refractivity contribution in [3.63, 3.8) is 0 Å². The van der Waals surface area contributed by atoms with Gasteiger partial charge in [-0.1, -0.05) is 25.1 Å². The van der Waals surface area contributed by atoms with Crippen LogP contribution >= 0.6 is 11.8 Å². The number of likely N-dealkylation sites (N-methyl/N-ethyl adjacent to an activating group) is 1. The summed E-state index contributed by atoms with van der Waals surface area (Å²) in [5, 5.41) is 0.101. The SMILES string of the molecule is CC1CCN(C(=O)CN(C)S(=O)(=O)c2ccccc2)c2cc(C(F)(F)F)ccc2S1. The van der Waals surface area contributed by atoms with E-state index in [1.165, 1.54) is 41.9 Å². The van der Waals surface area contributed by atoms with E-state index in [9.17, 15) is 26.4 Å². The third-order valence-electron chi connectivity index (χ3n) is 4.77. The van der Waals surface area contributed by atoms with E-state index in [-0.39, 0.29) is 22.4 Å². The average Bonchev–Trinajstić information content (AvgIpc) is 2.85. The Morgan fingerprint density at radius 1 is 1.20 bits per heavy atom. The molecule has 1 aliphatic rings. The number of hydrogen-bond acceptors (Lipinski definition) is 4. The van der Waals surface area contributed by atoms with E-state index >= 15 is 0 Å². The molecule has 0 N–H and O–H groups in total. The van der Waals surface area contributed by atoms with Gasteiger partial charge in [-0.15, -0.1) is 11.8 Å². The zero-order chi connectivity index (χ0) is 22.1. The molecule has 0 aliphatic carbocycles. The lowest BCUT2D eigenvalue weighted by Gasteiger charge is -2.26. The maximum absolute atomic E-state index is 13.2. The lowest BCUT2D eigenvalue weighted by atomic mass is 10.1. The lowest BCUT2D eigenvalue weighted by Crippen LogP contribution is -2.42. The Kier molecular flexibility index (Phi) is 6.49. The summed E-state index contributed by atoms with van der Waals surface area (Å²) in [6.07, 6.45) is -3.97. The first-order valence-electron chi connectivity index (χ1n) is 9.20. The third kappa shape index (κ3) is 4.81. The number of alkyl halides is 3. The fraction of sp³-hybridized carbons (Fsp3) is 0.350. The highest BCUT2D eigenvalue weighted by atomic mass is 32.2. The van der Waals surface area contributed by atoms with Gasteiger partial charge >= 0.3 is 6.18 Å². The van der Waals surface area contributed by atoms with E-state index in [1.807, 2.05) is 6.92 Å². The normalized spacial score (nSPS) is 17.5. The zero-order valence-corrected chi connectivity index (χ0v) is 18.0. The first-order valence-corrected chi connectivity index (χ1v) is 11.5. The molecular formula is C20H21F3N2O3S2. The van der Waals surface area contributed by atoms with Gasteiger partial charge in [-0.05, 0) is 36.8 Å². The van der Waals surface area contributed by atoms with Crippen LogP contribution in [0, 0.1) is 0 Å². The maximum Gasteiger partial charge on any atom is 0.416 e. The molecule has 0 aromatic heterocycles. The zero-order valence-electron chi connectivity index (χ0n) is 16.4. The van der Waals surface area contributed by atoms with Gasteiger partial charge in [0.25, 0.3) is 0 Å². The highest BCUT2D eigenvalue weighted by Gasteiger charge is 2.34. The summed E-state index contributed by atoms with van der Waals surface area (Å²) in [6, 6.07) is 11.0. The summed E-state index contributed by atoms with van der Waals surface area (Å²) >= 11 is 1.40. The number of hydrogen-bond donors (Lipinski definition) is 0. The number of nitrogens with zero attached hydrogens (tertiary/aromatic N) is 2. The number of benzene rings is 2. The van der Waals surface area contributed by atoms with Crippen LogP contribution in [-0.4, -0.2) is 44.0 Å². The fourth-order valence-electron chi connectivity index (χ4n) is 3.10. The monoisotopic (exact) mass is 458 g/mol. The molecular weight excluding hydrogens is 437 g/mol. The Hall–Kier alpha value is -2.04. The van der Waals surface area contributed by atoms with Gasteiger partial charge in [0.05, 0.1) is 22.7 Å². The topological polar surface area (TPSA) is 57.7 Å². The van der Waals surface area contributed by atoms with Crippen molar-refractivity contribution in [3.8, 4) is 0 Å². The third-order valence-corrected chi connectivity index (χ3v) is 7.83. The quantitative estimate of drug-likeness (QED) is 0.688. The molecule has 0 saturated heterocycles. The molecule has 0 spiro atoms. The fourth-order valence-corrected chi connectivity index (χ4v) is 5.34. The molecule has 0 bridgehead atoms. The van der Waals surface area contributed by atoms with E-state index in [0.29, 0.717) is 11.3 Å². The Balaban J connectivity index is 1.91. The summed E-state index contributed by atoms with van der Waals surface area (Å²) in [6.45, 7) is 1.67. The number of thioether (sulfide) groups is 1. The second kappa shape index (κ2) is 8.60. The van der Waals surface area contributed by atoms with Crippen molar-refractivity contribution in [2.45, 2.75) is 34.6 Å². The molecule has 1 aliphatic heterocycles. The molecule has 2 aromatic carbocycles. The van der Waals surface area contributed by atoms with Crippen LogP contribution in [0.15, 0.2) is 58.3 Å². The van der Waals surface area contributed by atoms with E-state index in [0.717, 1.165) is 16.4 Å². The number of rotatable bonds is 4. The van der Waals surface area contributed by atoms with E-state index < -0.39 is 34.2 Å². The smallest absolute Gasteiger partial charge is 0.310 e. The van der Waals surface area contributed by atoms with Gasteiger partial charge < -0.3 is 4.90 Å². The highest BCUT2D eigenvalue weighted by molar-refractivity contribution is 8.00. The Labute approximate surface area is 177 Å². The second-order valence-electron chi connectivity index (χ2n) is 7.02. The van der Waals surface area contributed by atoms with Gasteiger partial charge in [0.1, 0.15) is 0 Å². The first-order chi connectivity index (χ1) is 14.0. The molecule has 1 amide bonds. The largest absolute Gasteiger partial charge is 0.416 e. The minimum atomic E-state index is -4.54. The number of fused-ring (bicyclic) bond motifs is 1. The summed E-state index contributed by atoms with van der Waals surface area (Å²) in [5.41, 5.74) is -0.686. The predicted octanol–water partition coefficient (Wildman–Crippen LogP) is 4.24. The molecule has 3 rings (SSSR count). The summed E-state index contributed by atoms with van der Waals surface area (Å²) in [5.74, 6) is -0.577. The minimum absolute atomic E-state index is 0.0418. The lowest BCUT2D eigenvalue weighted by molar-refractivity contribution is -0.137. The van der Waals surface area contributed by atoms with Gasteiger partial charge in [0.2, 0.25) is 15.9 Å². The van der Waals surface area contributed by atoms with Crippen molar-refractivity contribution in [1.82, 2.24) is 4.31 Å². The van der Waals surface area contributed by atoms with Crippen molar-refractivity contribution >= 4 is 33.4 Å². The molecule has 30 heavy (non-hydrogen) atoms. The van der Waals surface area contributed by atoms with Crippen molar-refractivity contribution in [2.24, 2.45) is 0 Å². The second-order valence-corrected chi connectivity index (χ2v) is 10.5. The van der Waals surface area contributed by atoms with Gasteiger partial charge in [-0.2, -0.15) is 17.5 Å². The van der Waals surface area contributed by atoms with Crippen molar-refractivity contribution < 1.29 is 26.4 Å². The molecule has 0 radical (unpaired) electrons. The van der Waals surface area contributed by atoms with Crippen molar-refractivity contribution in [2.75, 3.05) is 25.0 Å². The summed E-state index contributed by atoms with van der Waals surface area (Å²) in [7, 11) is -2.62. The van der Waals surface area contributed by atoms with Gasteiger partial charge in [-0.3, -0.25) is 4.79 Å². The van der Waals surface area contributed by atoms with Gasteiger partial charge in [-0.25, -0.2) is 8.42 Å². The summed E-state index contributed by atoms with van der Waals surface area (Å²) in [4.78, 5) is 14.9. The molecule has 1 heterocycles. The molecule has 2 aromatic rings. The van der Waals surface area contributed by atoms with Crippen molar-refractivity contribution in [3.05, 3.63) is 54.1 Å². The number of amides is 1. The minimum Gasteiger partial charge on any atom is -0.310 e. The molecule has 0 saturated carbocycles. The average molecular weight is 459 g/mol. The molecule has 1 unspecified atom stereocenters. The maximum atomic E-state index is 13.2. The first kappa shape index (κ1) is 22.6. The molecule has 1 atom stereocenters. The van der Waals surface area contributed by atoms with Crippen LogP contribution in [0.1, 0.15) is 18.9 Å². The van der Waals surface area contributed by atoms with E-state index in [4.69, 9.17) is 0 Å². The number of anilines is 1. The standard InChI is InChI=1S/C20H21F3N2O3S2/c1-14-10-11-25(17-12-15(20(21,22)23)8-9-18(17)29-14)19(26)13-24(2)30(27,28)16-6-4-3-5-7-16/h3-9,12,14H,10-11,13H2,1-2H3. The van der Waals surface area contributed by atoms with Crippen molar-refractivity contribution in [1.29, 1.82) is 0 Å². The van der Waals surface area contributed by atoms with Crippen LogP contribution < -0.4 is 4.90 Å². The van der Waals surface area contributed by atoms with E-state index in [1.54, 1.807) is 18.2 Å². The number of carbonyl (C=O) groups is 1. The van der Waals surface area contributed by atoms with E-state index in [2.05, 4.69) is 0 Å². The molecule has 0 fully saturated rings. The predicted molar refractivity (Wildman–Crippen MR) is 110 cm³/mol. The van der Waals surface area contributed by atoms with Crippen LogP contribution in [0.5, 0.6) is 0 Å². The van der Waals surface area contributed by atoms with Crippen LogP contribution in [0.4, 0.5) is 18.9 Å². The molecule has 10 heteroatoms. The Bertz CT molecular complexity index is 1030. The van der Waals surface area contributed by atoms with Crippen LogP contribution in [0.2, 0.25) is 0 Å². The van der Waals surface area contributed by atoms with Gasteiger partial charge in [0, 0.05) is 23.7 Å².